The molecule has 0 aliphatic rings. The van der Waals surface area contributed by atoms with Crippen LogP contribution >= 0.6 is 0 Å². The monoisotopic (exact) mass is 306 g/mol. The summed E-state index contributed by atoms with van der Waals surface area (Å²) in [5.74, 6) is -1.76. The lowest BCUT2D eigenvalue weighted by Crippen LogP contribution is -2.17. The van der Waals surface area contributed by atoms with Crippen molar-refractivity contribution in [2.24, 2.45) is 5.92 Å². The third-order valence-electron chi connectivity index (χ3n) is 2.75. The highest BCUT2D eigenvalue weighted by atomic mass is 16.5. The lowest BCUT2D eigenvalue weighted by molar-refractivity contribution is -0.142. The molecule has 1 unspecified atom stereocenters. The van der Waals surface area contributed by atoms with Crippen LogP contribution in [0.3, 0.4) is 0 Å². The van der Waals surface area contributed by atoms with E-state index in [0.29, 0.717) is 26.4 Å². The van der Waals surface area contributed by atoms with Gasteiger partial charge in [0.25, 0.3) is 0 Å². The van der Waals surface area contributed by atoms with Crippen molar-refractivity contribution in [3.63, 3.8) is 0 Å². The molecule has 124 valence electrons. The molecule has 0 aromatic heterocycles. The van der Waals surface area contributed by atoms with Gasteiger partial charge in [-0.3, -0.25) is 4.79 Å². The lowest BCUT2D eigenvalue weighted by atomic mass is 10.00. The van der Waals surface area contributed by atoms with E-state index in [-0.39, 0.29) is 25.6 Å². The Kier molecular flexibility index (Phi) is 13.0. The van der Waals surface area contributed by atoms with Crippen molar-refractivity contribution in [2.45, 2.75) is 32.6 Å². The molecule has 0 aliphatic heterocycles. The number of ether oxygens (including phenoxy) is 3. The van der Waals surface area contributed by atoms with Crippen LogP contribution in [-0.2, 0) is 23.8 Å². The van der Waals surface area contributed by atoms with Gasteiger partial charge in [-0.15, -0.1) is 0 Å². The van der Waals surface area contributed by atoms with E-state index in [2.05, 4.69) is 6.92 Å². The molecule has 0 bridgehead atoms. The highest BCUT2D eigenvalue weighted by Gasteiger charge is 2.12. The standard InChI is InChI=1S/C14H26O7/c1-2-3-4-12(9-13(15)16)10-20-7-5-19-6-8-21-11-14(17)18/h12H,2-11H2,1H3,(H,15,16)(H,17,18). The van der Waals surface area contributed by atoms with Gasteiger partial charge < -0.3 is 24.4 Å². The minimum Gasteiger partial charge on any atom is -0.481 e. The summed E-state index contributed by atoms with van der Waals surface area (Å²) in [5.41, 5.74) is 0. The first-order valence-electron chi connectivity index (χ1n) is 7.23. The predicted molar refractivity (Wildman–Crippen MR) is 75.4 cm³/mol. The Morgan fingerprint density at radius 1 is 0.952 bits per heavy atom. The van der Waals surface area contributed by atoms with Crippen molar-refractivity contribution in [3.05, 3.63) is 0 Å². The number of hydrogen-bond acceptors (Lipinski definition) is 5. The molecule has 0 rings (SSSR count). The number of carboxylic acid groups (broad SMARTS) is 2. The first kappa shape index (κ1) is 19.8. The van der Waals surface area contributed by atoms with Crippen LogP contribution in [0.4, 0.5) is 0 Å². The second-order valence-corrected chi connectivity index (χ2v) is 4.74. The van der Waals surface area contributed by atoms with Gasteiger partial charge in [0.05, 0.1) is 39.5 Å². The smallest absolute Gasteiger partial charge is 0.329 e. The number of rotatable bonds is 15. The molecule has 0 fully saturated rings. The Hall–Kier alpha value is -1.18. The summed E-state index contributed by atoms with van der Waals surface area (Å²) < 4.78 is 15.4. The zero-order valence-corrected chi connectivity index (χ0v) is 12.6. The SMILES string of the molecule is CCCCC(COCCOCCOCC(=O)O)CC(=O)O. The fourth-order valence-corrected chi connectivity index (χ4v) is 1.73. The Morgan fingerprint density at radius 2 is 1.57 bits per heavy atom. The molecule has 0 aromatic carbocycles. The number of aliphatic carboxylic acids is 2. The maximum Gasteiger partial charge on any atom is 0.329 e. The molecule has 0 saturated heterocycles. The van der Waals surface area contributed by atoms with Crippen LogP contribution in [0.15, 0.2) is 0 Å². The molecule has 21 heavy (non-hydrogen) atoms. The Bertz CT molecular complexity index is 280. The van der Waals surface area contributed by atoms with E-state index in [1.54, 1.807) is 0 Å². The van der Waals surface area contributed by atoms with Crippen molar-refractivity contribution in [1.29, 1.82) is 0 Å². The summed E-state index contributed by atoms with van der Waals surface area (Å²) in [6, 6.07) is 0. The Morgan fingerprint density at radius 3 is 2.14 bits per heavy atom. The molecular formula is C14H26O7. The second-order valence-electron chi connectivity index (χ2n) is 4.74. The summed E-state index contributed by atoms with van der Waals surface area (Å²) in [5, 5.41) is 17.1. The zero-order chi connectivity index (χ0) is 15.9. The predicted octanol–water partition coefficient (Wildman–Crippen LogP) is 1.40. The van der Waals surface area contributed by atoms with Gasteiger partial charge in [0, 0.05) is 0 Å². The molecule has 0 aromatic rings. The van der Waals surface area contributed by atoms with Crippen LogP contribution in [0.25, 0.3) is 0 Å². The lowest BCUT2D eigenvalue weighted by Gasteiger charge is -2.14. The van der Waals surface area contributed by atoms with Gasteiger partial charge in [0.2, 0.25) is 0 Å². The van der Waals surface area contributed by atoms with Crippen LogP contribution in [0.2, 0.25) is 0 Å². The molecule has 0 saturated carbocycles. The molecule has 7 nitrogen and oxygen atoms in total. The summed E-state index contributed by atoms with van der Waals surface area (Å²) in [6.07, 6.45) is 3.02. The topological polar surface area (TPSA) is 102 Å². The first-order chi connectivity index (χ1) is 10.1. The molecule has 0 radical (unpaired) electrons. The van der Waals surface area contributed by atoms with Gasteiger partial charge in [0.15, 0.2) is 0 Å². The first-order valence-corrected chi connectivity index (χ1v) is 7.23. The van der Waals surface area contributed by atoms with E-state index >= 15 is 0 Å². The van der Waals surface area contributed by atoms with E-state index < -0.39 is 11.9 Å². The average molecular weight is 306 g/mol. The fraction of sp³-hybridized carbons (Fsp3) is 0.857. The highest BCUT2D eigenvalue weighted by molar-refractivity contribution is 5.68. The van der Waals surface area contributed by atoms with E-state index in [0.717, 1.165) is 19.3 Å². The minimum absolute atomic E-state index is 0.0429. The van der Waals surface area contributed by atoms with Crippen LogP contribution < -0.4 is 0 Å². The van der Waals surface area contributed by atoms with Crippen LogP contribution in [-0.4, -0.2) is 61.8 Å². The number of carboxylic acids is 2. The molecule has 0 amide bonds. The molecule has 0 heterocycles. The second kappa shape index (κ2) is 13.8. The molecule has 1 atom stereocenters. The van der Waals surface area contributed by atoms with Crippen molar-refractivity contribution in [2.75, 3.05) is 39.6 Å². The highest BCUT2D eigenvalue weighted by Crippen LogP contribution is 2.13. The summed E-state index contributed by atoms with van der Waals surface area (Å²) in [4.78, 5) is 20.9. The maximum atomic E-state index is 10.7. The van der Waals surface area contributed by atoms with Gasteiger partial charge >= 0.3 is 11.9 Å². The third kappa shape index (κ3) is 15.0. The summed E-state index contributed by atoms with van der Waals surface area (Å²) in [7, 11) is 0. The maximum absolute atomic E-state index is 10.7. The largest absolute Gasteiger partial charge is 0.481 e. The number of unbranched alkanes of at least 4 members (excludes halogenated alkanes) is 1. The quantitative estimate of drug-likeness (QED) is 0.441. The van der Waals surface area contributed by atoms with Gasteiger partial charge in [-0.25, -0.2) is 4.79 Å². The normalized spacial score (nSPS) is 12.2. The Labute approximate surface area is 125 Å². The van der Waals surface area contributed by atoms with Crippen molar-refractivity contribution < 1.29 is 34.0 Å². The van der Waals surface area contributed by atoms with Crippen molar-refractivity contribution in [1.82, 2.24) is 0 Å². The summed E-state index contributed by atoms with van der Waals surface area (Å²) >= 11 is 0. The summed E-state index contributed by atoms with van der Waals surface area (Å²) in [6.45, 7) is 3.47. The van der Waals surface area contributed by atoms with Gasteiger partial charge in [-0.1, -0.05) is 19.8 Å². The van der Waals surface area contributed by atoms with E-state index in [1.165, 1.54) is 0 Å². The van der Waals surface area contributed by atoms with Crippen LogP contribution in [0, 0.1) is 5.92 Å². The van der Waals surface area contributed by atoms with Gasteiger partial charge in [0.1, 0.15) is 6.61 Å². The average Bonchev–Trinajstić information content (AvgIpc) is 2.41. The zero-order valence-electron chi connectivity index (χ0n) is 12.6. The van der Waals surface area contributed by atoms with Crippen molar-refractivity contribution in [3.8, 4) is 0 Å². The van der Waals surface area contributed by atoms with Gasteiger partial charge in [-0.05, 0) is 12.3 Å². The van der Waals surface area contributed by atoms with Crippen LogP contribution in [0.5, 0.6) is 0 Å². The minimum atomic E-state index is -1.00. The van der Waals surface area contributed by atoms with Gasteiger partial charge in [-0.2, -0.15) is 0 Å². The molecule has 2 N–H and O–H groups in total. The molecule has 0 aliphatic carbocycles. The number of carbonyl (C=O) groups is 2. The van der Waals surface area contributed by atoms with Crippen LogP contribution in [0.1, 0.15) is 32.6 Å². The Balaban J connectivity index is 3.48. The van der Waals surface area contributed by atoms with E-state index in [4.69, 9.17) is 24.4 Å². The molecule has 7 heteroatoms. The van der Waals surface area contributed by atoms with E-state index in [9.17, 15) is 9.59 Å². The third-order valence-corrected chi connectivity index (χ3v) is 2.75. The fourth-order valence-electron chi connectivity index (χ4n) is 1.73. The van der Waals surface area contributed by atoms with E-state index in [1.807, 2.05) is 0 Å². The van der Waals surface area contributed by atoms with Crippen molar-refractivity contribution >= 4 is 11.9 Å². The molecular weight excluding hydrogens is 280 g/mol. The number of hydrogen-bond donors (Lipinski definition) is 2. The molecule has 0 spiro atoms.